The molecule has 0 amide bonds. The number of nitrogens with zero attached hydrogens (tertiary/aromatic N) is 3. The summed E-state index contributed by atoms with van der Waals surface area (Å²) in [7, 11) is 0. The van der Waals surface area contributed by atoms with Crippen LogP contribution in [0.4, 0.5) is 5.69 Å². The first kappa shape index (κ1) is 13.8. The molecule has 0 radical (unpaired) electrons. The molecule has 23 heavy (non-hydrogen) atoms. The van der Waals surface area contributed by atoms with Gasteiger partial charge in [-0.05, 0) is 30.9 Å². The van der Waals surface area contributed by atoms with E-state index in [1.165, 1.54) is 23.9 Å². The van der Waals surface area contributed by atoms with Crippen LogP contribution >= 0.6 is 0 Å². The average Bonchev–Trinajstić information content (AvgIpc) is 3.45. The lowest BCUT2D eigenvalue weighted by molar-refractivity contribution is -0.0602. The summed E-state index contributed by atoms with van der Waals surface area (Å²) in [4.78, 5) is 9.77. The fraction of sp³-hybridized carbons (Fsp3) is 0.526. The molecule has 2 aromatic rings. The number of pyridine rings is 1. The van der Waals surface area contributed by atoms with Gasteiger partial charge in [0.15, 0.2) is 0 Å². The number of hydrogen-bond acceptors (Lipinski definition) is 4. The molecule has 5 rings (SSSR count). The SMILES string of the molecule is c1ccc2c(N3CCN4[C@@H](COC[C@@H]4C4CC4)C3)ccnc2c1. The largest absolute Gasteiger partial charge is 0.378 e. The smallest absolute Gasteiger partial charge is 0.0722 e. The quantitative estimate of drug-likeness (QED) is 0.852. The number of hydrogen-bond donors (Lipinski definition) is 0. The van der Waals surface area contributed by atoms with E-state index in [-0.39, 0.29) is 0 Å². The van der Waals surface area contributed by atoms with E-state index >= 15 is 0 Å². The van der Waals surface area contributed by atoms with E-state index < -0.39 is 0 Å². The molecule has 3 fully saturated rings. The van der Waals surface area contributed by atoms with Crippen LogP contribution in [-0.4, -0.2) is 54.8 Å². The predicted molar refractivity (Wildman–Crippen MR) is 91.8 cm³/mol. The molecule has 2 aliphatic heterocycles. The molecular formula is C19H23N3O. The summed E-state index contributed by atoms with van der Waals surface area (Å²) in [6.45, 7) is 5.15. The second-order valence-electron chi connectivity index (χ2n) is 7.13. The number of para-hydroxylation sites is 1. The summed E-state index contributed by atoms with van der Waals surface area (Å²) in [5, 5.41) is 1.26. The van der Waals surface area contributed by atoms with E-state index in [1.807, 2.05) is 6.20 Å². The Morgan fingerprint density at radius 3 is 2.87 bits per heavy atom. The van der Waals surface area contributed by atoms with Crippen molar-refractivity contribution in [3.63, 3.8) is 0 Å². The molecule has 1 aromatic carbocycles. The maximum atomic E-state index is 5.94. The molecule has 0 spiro atoms. The number of benzene rings is 1. The maximum Gasteiger partial charge on any atom is 0.0722 e. The average molecular weight is 309 g/mol. The van der Waals surface area contributed by atoms with Crippen LogP contribution in [0.15, 0.2) is 36.5 Å². The van der Waals surface area contributed by atoms with Crippen molar-refractivity contribution in [1.29, 1.82) is 0 Å². The van der Waals surface area contributed by atoms with E-state index in [0.717, 1.165) is 44.3 Å². The topological polar surface area (TPSA) is 28.6 Å². The Morgan fingerprint density at radius 2 is 1.96 bits per heavy atom. The van der Waals surface area contributed by atoms with Crippen molar-refractivity contribution < 1.29 is 4.74 Å². The number of rotatable bonds is 2. The van der Waals surface area contributed by atoms with Crippen molar-refractivity contribution in [2.45, 2.75) is 24.9 Å². The van der Waals surface area contributed by atoms with Gasteiger partial charge in [-0.25, -0.2) is 0 Å². The van der Waals surface area contributed by atoms with Crippen LogP contribution in [0, 0.1) is 5.92 Å². The van der Waals surface area contributed by atoms with Gasteiger partial charge in [0.05, 0.1) is 24.8 Å². The normalized spacial score (nSPS) is 28.8. The molecule has 2 saturated heterocycles. The number of fused-ring (bicyclic) bond motifs is 2. The number of anilines is 1. The van der Waals surface area contributed by atoms with Gasteiger partial charge >= 0.3 is 0 Å². The third-order valence-corrected chi connectivity index (χ3v) is 5.69. The molecule has 2 atom stereocenters. The van der Waals surface area contributed by atoms with Crippen LogP contribution in [0.25, 0.3) is 10.9 Å². The molecule has 120 valence electrons. The Balaban J connectivity index is 1.42. The van der Waals surface area contributed by atoms with Crippen LogP contribution in [-0.2, 0) is 4.74 Å². The van der Waals surface area contributed by atoms with Gasteiger partial charge < -0.3 is 9.64 Å². The molecule has 3 aliphatic rings. The summed E-state index contributed by atoms with van der Waals surface area (Å²) >= 11 is 0. The molecule has 3 heterocycles. The van der Waals surface area contributed by atoms with Crippen molar-refractivity contribution in [3.05, 3.63) is 36.5 Å². The summed E-state index contributed by atoms with van der Waals surface area (Å²) in [5.41, 5.74) is 2.41. The lowest BCUT2D eigenvalue weighted by Gasteiger charge is -2.49. The second-order valence-corrected chi connectivity index (χ2v) is 7.13. The van der Waals surface area contributed by atoms with Crippen LogP contribution in [0.2, 0.25) is 0 Å². The number of morpholine rings is 1. The zero-order valence-corrected chi connectivity index (χ0v) is 13.4. The zero-order valence-electron chi connectivity index (χ0n) is 13.4. The standard InChI is InChI=1S/C19H23N3O/c1-2-4-17-16(3-1)18(7-8-20-17)21-9-10-22-15(11-21)12-23-13-19(22)14-5-6-14/h1-4,7-8,14-15,19H,5-6,9-13H2/t15-,19-/m1/s1. The number of piperazine rings is 1. The minimum Gasteiger partial charge on any atom is -0.378 e. The molecule has 0 bridgehead atoms. The summed E-state index contributed by atoms with van der Waals surface area (Å²) < 4.78 is 5.94. The summed E-state index contributed by atoms with van der Waals surface area (Å²) in [5.74, 6) is 0.895. The molecular weight excluding hydrogens is 286 g/mol. The third-order valence-electron chi connectivity index (χ3n) is 5.69. The minimum absolute atomic E-state index is 0.537. The highest BCUT2D eigenvalue weighted by Crippen LogP contribution is 2.39. The highest BCUT2D eigenvalue weighted by atomic mass is 16.5. The molecule has 1 aromatic heterocycles. The fourth-order valence-electron chi connectivity index (χ4n) is 4.34. The predicted octanol–water partition coefficient (Wildman–Crippen LogP) is 2.53. The Bertz CT molecular complexity index is 709. The Labute approximate surface area is 137 Å². The first-order chi connectivity index (χ1) is 11.4. The van der Waals surface area contributed by atoms with Gasteiger partial charge in [-0.2, -0.15) is 0 Å². The van der Waals surface area contributed by atoms with Gasteiger partial charge in [-0.1, -0.05) is 18.2 Å². The highest BCUT2D eigenvalue weighted by molar-refractivity contribution is 5.91. The van der Waals surface area contributed by atoms with E-state index in [4.69, 9.17) is 4.74 Å². The van der Waals surface area contributed by atoms with Crippen LogP contribution in [0.3, 0.4) is 0 Å². The molecule has 1 saturated carbocycles. The molecule has 0 N–H and O–H groups in total. The maximum absolute atomic E-state index is 5.94. The van der Waals surface area contributed by atoms with Crippen LogP contribution in [0.1, 0.15) is 12.8 Å². The van der Waals surface area contributed by atoms with Gasteiger partial charge in [0.25, 0.3) is 0 Å². The van der Waals surface area contributed by atoms with Gasteiger partial charge in [0.2, 0.25) is 0 Å². The van der Waals surface area contributed by atoms with Crippen molar-refractivity contribution >= 4 is 16.6 Å². The van der Waals surface area contributed by atoms with E-state index in [0.29, 0.717) is 12.1 Å². The second kappa shape index (κ2) is 5.46. The zero-order chi connectivity index (χ0) is 15.2. The monoisotopic (exact) mass is 309 g/mol. The van der Waals surface area contributed by atoms with Gasteiger partial charge in [-0.3, -0.25) is 9.88 Å². The Kier molecular flexibility index (Phi) is 3.27. The molecule has 4 heteroatoms. The van der Waals surface area contributed by atoms with E-state index in [2.05, 4.69) is 45.1 Å². The highest BCUT2D eigenvalue weighted by Gasteiger charge is 2.42. The van der Waals surface area contributed by atoms with Crippen molar-refractivity contribution in [1.82, 2.24) is 9.88 Å². The Morgan fingerprint density at radius 1 is 1.04 bits per heavy atom. The number of aromatic nitrogens is 1. The van der Waals surface area contributed by atoms with E-state index in [9.17, 15) is 0 Å². The molecule has 1 aliphatic carbocycles. The third kappa shape index (κ3) is 2.41. The lowest BCUT2D eigenvalue weighted by Crippen LogP contribution is -2.62. The van der Waals surface area contributed by atoms with Crippen molar-refractivity contribution in [2.24, 2.45) is 5.92 Å². The van der Waals surface area contributed by atoms with Gasteiger partial charge in [0, 0.05) is 42.9 Å². The van der Waals surface area contributed by atoms with Gasteiger partial charge in [0.1, 0.15) is 0 Å². The van der Waals surface area contributed by atoms with Crippen molar-refractivity contribution in [3.8, 4) is 0 Å². The van der Waals surface area contributed by atoms with Gasteiger partial charge in [-0.15, -0.1) is 0 Å². The molecule has 0 unspecified atom stereocenters. The first-order valence-corrected chi connectivity index (χ1v) is 8.82. The molecule has 4 nitrogen and oxygen atoms in total. The van der Waals surface area contributed by atoms with Crippen LogP contribution < -0.4 is 4.90 Å². The minimum atomic E-state index is 0.537. The first-order valence-electron chi connectivity index (χ1n) is 8.82. The van der Waals surface area contributed by atoms with Crippen LogP contribution in [0.5, 0.6) is 0 Å². The lowest BCUT2D eigenvalue weighted by atomic mass is 10.0. The summed E-state index contributed by atoms with van der Waals surface area (Å²) in [6, 6.07) is 11.8. The Hall–Kier alpha value is -1.65. The van der Waals surface area contributed by atoms with Crippen molar-refractivity contribution in [2.75, 3.05) is 37.7 Å². The fourth-order valence-corrected chi connectivity index (χ4v) is 4.34. The summed E-state index contributed by atoms with van der Waals surface area (Å²) in [6.07, 6.45) is 4.74. The number of ether oxygens (including phenoxy) is 1. The van der Waals surface area contributed by atoms with E-state index in [1.54, 1.807) is 0 Å².